The van der Waals surface area contributed by atoms with Gasteiger partial charge in [-0.15, -0.1) is 24.8 Å². The van der Waals surface area contributed by atoms with Gasteiger partial charge in [-0.05, 0) is 41.5 Å². The maximum Gasteiger partial charge on any atom is 0.123 e. The zero-order valence-corrected chi connectivity index (χ0v) is 16.2. The second kappa shape index (κ2) is 11.9. The summed E-state index contributed by atoms with van der Waals surface area (Å²) in [4.78, 5) is 2.47. The highest BCUT2D eigenvalue weighted by Gasteiger charge is 2.09. The Bertz CT molecular complexity index is 657. The molecule has 1 fully saturated rings. The number of piperazine rings is 1. The molecule has 3 rings (SSSR count). The summed E-state index contributed by atoms with van der Waals surface area (Å²) in [5.74, 6) is 0.422. The van der Waals surface area contributed by atoms with Crippen molar-refractivity contribution in [1.29, 1.82) is 0 Å². The maximum absolute atomic E-state index is 12.8. The van der Waals surface area contributed by atoms with E-state index in [2.05, 4.69) is 34.5 Å². The molecule has 142 valence electrons. The van der Waals surface area contributed by atoms with E-state index in [1.54, 1.807) is 12.1 Å². The Kier molecular flexibility index (Phi) is 10.3. The van der Waals surface area contributed by atoms with Crippen molar-refractivity contribution < 1.29 is 9.13 Å². The van der Waals surface area contributed by atoms with Crippen LogP contribution in [0.5, 0.6) is 5.75 Å². The van der Waals surface area contributed by atoms with Gasteiger partial charge in [-0.3, -0.25) is 4.90 Å². The molecule has 0 aliphatic carbocycles. The fraction of sp³-hybridized carbons (Fsp3) is 0.300. The zero-order chi connectivity index (χ0) is 16.6. The number of benzene rings is 2. The van der Waals surface area contributed by atoms with Crippen molar-refractivity contribution >= 4 is 30.9 Å². The van der Waals surface area contributed by atoms with Gasteiger partial charge in [0.05, 0.1) is 0 Å². The van der Waals surface area contributed by atoms with Crippen molar-refractivity contribution in [3.05, 3.63) is 71.6 Å². The molecule has 0 aromatic heterocycles. The highest BCUT2D eigenvalue weighted by molar-refractivity contribution is 5.85. The molecule has 1 aliphatic heterocycles. The van der Waals surface area contributed by atoms with Crippen LogP contribution in [-0.2, 0) is 6.54 Å². The van der Waals surface area contributed by atoms with Gasteiger partial charge in [0.2, 0.25) is 0 Å². The predicted molar refractivity (Wildman–Crippen MR) is 110 cm³/mol. The van der Waals surface area contributed by atoms with E-state index in [0.29, 0.717) is 12.4 Å². The molecular formula is C20H25Cl2FN2O. The van der Waals surface area contributed by atoms with E-state index in [1.807, 2.05) is 12.2 Å². The van der Waals surface area contributed by atoms with Crippen LogP contribution in [0.25, 0.3) is 6.08 Å². The first-order chi connectivity index (χ1) is 11.8. The van der Waals surface area contributed by atoms with E-state index >= 15 is 0 Å². The van der Waals surface area contributed by atoms with E-state index in [1.165, 1.54) is 17.7 Å². The third kappa shape index (κ3) is 7.34. The average Bonchev–Trinajstić information content (AvgIpc) is 2.62. The van der Waals surface area contributed by atoms with Crippen molar-refractivity contribution in [1.82, 2.24) is 10.2 Å². The Morgan fingerprint density at radius 3 is 2.27 bits per heavy atom. The number of ether oxygens (including phenoxy) is 1. The van der Waals surface area contributed by atoms with Crippen LogP contribution in [0.4, 0.5) is 4.39 Å². The zero-order valence-electron chi connectivity index (χ0n) is 14.6. The van der Waals surface area contributed by atoms with Gasteiger partial charge in [-0.1, -0.05) is 30.3 Å². The van der Waals surface area contributed by atoms with Crippen LogP contribution in [0, 0.1) is 5.82 Å². The summed E-state index contributed by atoms with van der Waals surface area (Å²) >= 11 is 0. The first-order valence-electron chi connectivity index (χ1n) is 8.36. The Hall–Kier alpha value is -1.59. The molecule has 0 amide bonds. The summed E-state index contributed by atoms with van der Waals surface area (Å²) in [5, 5.41) is 3.37. The second-order valence-electron chi connectivity index (χ2n) is 5.94. The lowest BCUT2D eigenvalue weighted by Crippen LogP contribution is -2.42. The van der Waals surface area contributed by atoms with E-state index in [9.17, 15) is 4.39 Å². The molecule has 26 heavy (non-hydrogen) atoms. The van der Waals surface area contributed by atoms with Crippen molar-refractivity contribution in [2.24, 2.45) is 0 Å². The number of nitrogens with one attached hydrogen (secondary N) is 1. The van der Waals surface area contributed by atoms with E-state index in [-0.39, 0.29) is 30.6 Å². The molecule has 0 atom stereocenters. The summed E-state index contributed by atoms with van der Waals surface area (Å²) < 4.78 is 18.3. The number of hydrogen-bond acceptors (Lipinski definition) is 3. The van der Waals surface area contributed by atoms with E-state index < -0.39 is 0 Å². The van der Waals surface area contributed by atoms with Gasteiger partial charge in [0.25, 0.3) is 0 Å². The van der Waals surface area contributed by atoms with Crippen LogP contribution >= 0.6 is 24.8 Å². The van der Waals surface area contributed by atoms with Gasteiger partial charge in [0.1, 0.15) is 18.2 Å². The lowest BCUT2D eigenvalue weighted by atomic mass is 10.1. The summed E-state index contributed by atoms with van der Waals surface area (Å²) in [5.41, 5.74) is 2.50. The second-order valence-corrected chi connectivity index (χ2v) is 5.94. The van der Waals surface area contributed by atoms with Crippen molar-refractivity contribution in [3.8, 4) is 5.75 Å². The van der Waals surface area contributed by atoms with Crippen molar-refractivity contribution in [2.75, 3.05) is 32.8 Å². The summed E-state index contributed by atoms with van der Waals surface area (Å²) in [6.45, 7) is 5.86. The molecule has 2 aromatic rings. The molecule has 0 radical (unpaired) electrons. The van der Waals surface area contributed by atoms with Crippen molar-refractivity contribution in [2.45, 2.75) is 6.54 Å². The first-order valence-corrected chi connectivity index (χ1v) is 8.36. The minimum absolute atomic E-state index is 0. The van der Waals surface area contributed by atoms with Crippen LogP contribution in [0.15, 0.2) is 54.6 Å². The van der Waals surface area contributed by atoms with Crippen LogP contribution in [0.2, 0.25) is 0 Å². The SMILES string of the molecule is Cl.Cl.Fc1ccc(OCC=Cc2ccc(CN3CCNCC3)cc2)cc1. The molecule has 0 saturated carbocycles. The summed E-state index contributed by atoms with van der Waals surface area (Å²) in [7, 11) is 0. The van der Waals surface area contributed by atoms with Gasteiger partial charge in [0, 0.05) is 32.7 Å². The first kappa shape index (κ1) is 22.5. The Balaban J connectivity index is 0.00000169. The number of halogens is 3. The molecule has 1 heterocycles. The van der Waals surface area contributed by atoms with Crippen LogP contribution < -0.4 is 10.1 Å². The van der Waals surface area contributed by atoms with Crippen molar-refractivity contribution in [3.63, 3.8) is 0 Å². The molecule has 0 unspecified atom stereocenters. The predicted octanol–water partition coefficient (Wildman–Crippen LogP) is 4.17. The number of rotatable bonds is 6. The lowest BCUT2D eigenvalue weighted by molar-refractivity contribution is 0.233. The molecule has 1 N–H and O–H groups in total. The molecule has 3 nitrogen and oxygen atoms in total. The Labute approximate surface area is 167 Å². The maximum atomic E-state index is 12.8. The molecule has 1 saturated heterocycles. The summed E-state index contributed by atoms with van der Waals surface area (Å²) in [6, 6.07) is 14.7. The van der Waals surface area contributed by atoms with E-state index in [0.717, 1.165) is 38.3 Å². The molecule has 1 aliphatic rings. The van der Waals surface area contributed by atoms with Gasteiger partial charge in [0.15, 0.2) is 0 Å². The molecule has 6 heteroatoms. The Morgan fingerprint density at radius 1 is 0.962 bits per heavy atom. The lowest BCUT2D eigenvalue weighted by Gasteiger charge is -2.27. The van der Waals surface area contributed by atoms with Crippen LogP contribution in [-0.4, -0.2) is 37.7 Å². The number of nitrogens with zero attached hydrogens (tertiary/aromatic N) is 1. The monoisotopic (exact) mass is 398 g/mol. The summed E-state index contributed by atoms with van der Waals surface area (Å²) in [6.07, 6.45) is 4.01. The highest BCUT2D eigenvalue weighted by atomic mass is 35.5. The van der Waals surface area contributed by atoms with Gasteiger partial charge >= 0.3 is 0 Å². The van der Waals surface area contributed by atoms with Gasteiger partial charge < -0.3 is 10.1 Å². The smallest absolute Gasteiger partial charge is 0.123 e. The topological polar surface area (TPSA) is 24.5 Å². The minimum Gasteiger partial charge on any atom is -0.490 e. The normalized spacial score (nSPS) is 14.5. The van der Waals surface area contributed by atoms with Gasteiger partial charge in [-0.2, -0.15) is 0 Å². The largest absolute Gasteiger partial charge is 0.490 e. The third-order valence-electron chi connectivity index (χ3n) is 4.07. The molecule has 2 aromatic carbocycles. The van der Waals surface area contributed by atoms with Gasteiger partial charge in [-0.25, -0.2) is 4.39 Å². The standard InChI is InChI=1S/C20H23FN2O.2ClH/c21-19-7-9-20(10-8-19)24-15-1-2-17-3-5-18(6-4-17)16-23-13-11-22-12-14-23;;/h1-10,22H,11-16H2;2*1H. The Morgan fingerprint density at radius 2 is 1.62 bits per heavy atom. The van der Waals surface area contributed by atoms with Crippen LogP contribution in [0.3, 0.4) is 0 Å². The fourth-order valence-corrected chi connectivity index (χ4v) is 2.72. The number of hydrogen-bond donors (Lipinski definition) is 1. The third-order valence-corrected chi connectivity index (χ3v) is 4.07. The molecular weight excluding hydrogens is 374 g/mol. The average molecular weight is 399 g/mol. The highest BCUT2D eigenvalue weighted by Crippen LogP contribution is 2.12. The minimum atomic E-state index is -0.251. The van der Waals surface area contributed by atoms with E-state index in [4.69, 9.17) is 4.74 Å². The fourth-order valence-electron chi connectivity index (χ4n) is 2.72. The quantitative estimate of drug-likeness (QED) is 0.789. The molecule has 0 bridgehead atoms. The molecule has 0 spiro atoms. The van der Waals surface area contributed by atoms with Crippen LogP contribution in [0.1, 0.15) is 11.1 Å².